The first-order chi connectivity index (χ1) is 12.9. The molecule has 0 unspecified atom stereocenters. The van der Waals surface area contributed by atoms with Crippen molar-refractivity contribution >= 4 is 33.4 Å². The second-order valence-corrected chi connectivity index (χ2v) is 7.79. The van der Waals surface area contributed by atoms with Crippen LogP contribution < -0.4 is 11.1 Å². The van der Waals surface area contributed by atoms with Gasteiger partial charge in [-0.3, -0.25) is 5.10 Å². The Morgan fingerprint density at radius 2 is 1.96 bits per heavy atom. The summed E-state index contributed by atoms with van der Waals surface area (Å²) in [5.74, 6) is 0.901. The van der Waals surface area contributed by atoms with Crippen molar-refractivity contribution in [1.82, 2.24) is 19.6 Å². The van der Waals surface area contributed by atoms with Crippen LogP contribution in [-0.2, 0) is 5.41 Å². The molecule has 0 bridgehead atoms. The first-order valence-corrected chi connectivity index (χ1v) is 9.27. The molecule has 4 rings (SSSR count). The zero-order valence-electron chi connectivity index (χ0n) is 15.0. The van der Waals surface area contributed by atoms with E-state index in [2.05, 4.69) is 38.7 Å². The Kier molecular flexibility index (Phi) is 4.27. The molecule has 138 valence electrons. The van der Waals surface area contributed by atoms with Gasteiger partial charge in [-0.15, -0.1) is 0 Å². The van der Waals surface area contributed by atoms with E-state index < -0.39 is 0 Å². The fraction of sp³-hybridized carbons (Fsp3) is 0.211. The van der Waals surface area contributed by atoms with E-state index in [-0.39, 0.29) is 11.2 Å². The standard InChI is InChI=1S/C19H19FN6S/c1-19(2,12-4-6-13(20)7-5-12)10-22-18-23-17(26-27-18)11-3-8-14-15(9-11)24-25-16(14)21/h3-9H,10H2,1-2H3,(H3,21,24,25)(H,22,23,26). The molecule has 2 heterocycles. The summed E-state index contributed by atoms with van der Waals surface area (Å²) in [6, 6.07) is 12.4. The van der Waals surface area contributed by atoms with Gasteiger partial charge in [0.1, 0.15) is 5.82 Å². The van der Waals surface area contributed by atoms with Gasteiger partial charge in [-0.2, -0.15) is 14.5 Å². The summed E-state index contributed by atoms with van der Waals surface area (Å²) >= 11 is 1.31. The van der Waals surface area contributed by atoms with E-state index in [1.807, 2.05) is 30.3 Å². The van der Waals surface area contributed by atoms with Crippen LogP contribution in [0.3, 0.4) is 0 Å². The van der Waals surface area contributed by atoms with Gasteiger partial charge in [-0.25, -0.2) is 4.39 Å². The third-order valence-corrected chi connectivity index (χ3v) is 5.26. The molecule has 0 saturated heterocycles. The van der Waals surface area contributed by atoms with Crippen LogP contribution >= 0.6 is 11.5 Å². The van der Waals surface area contributed by atoms with Crippen LogP contribution in [0.4, 0.5) is 15.3 Å². The normalized spacial score (nSPS) is 11.8. The van der Waals surface area contributed by atoms with Crippen LogP contribution in [0.2, 0.25) is 0 Å². The van der Waals surface area contributed by atoms with E-state index in [9.17, 15) is 4.39 Å². The van der Waals surface area contributed by atoms with E-state index in [0.717, 1.165) is 27.2 Å². The van der Waals surface area contributed by atoms with Gasteiger partial charge >= 0.3 is 0 Å². The summed E-state index contributed by atoms with van der Waals surface area (Å²) in [7, 11) is 0. The van der Waals surface area contributed by atoms with Crippen molar-refractivity contribution in [3.8, 4) is 11.4 Å². The summed E-state index contributed by atoms with van der Waals surface area (Å²) in [5.41, 5.74) is 8.44. The smallest absolute Gasteiger partial charge is 0.202 e. The summed E-state index contributed by atoms with van der Waals surface area (Å²) in [6.07, 6.45) is 0. The number of nitrogens with two attached hydrogens (primary N) is 1. The van der Waals surface area contributed by atoms with Crippen LogP contribution in [0.1, 0.15) is 19.4 Å². The van der Waals surface area contributed by atoms with Gasteiger partial charge in [0, 0.05) is 34.4 Å². The number of halogens is 1. The predicted octanol–water partition coefficient (Wildman–Crippen LogP) is 4.19. The van der Waals surface area contributed by atoms with Crippen molar-refractivity contribution in [3.05, 3.63) is 53.8 Å². The Bertz CT molecular complexity index is 1080. The zero-order chi connectivity index (χ0) is 19.0. The lowest BCUT2D eigenvalue weighted by molar-refractivity contribution is 0.553. The largest absolute Gasteiger partial charge is 0.382 e. The van der Waals surface area contributed by atoms with Crippen LogP contribution in [0.15, 0.2) is 42.5 Å². The third-order valence-electron chi connectivity index (χ3n) is 4.58. The van der Waals surface area contributed by atoms with E-state index in [0.29, 0.717) is 18.2 Å². The van der Waals surface area contributed by atoms with Crippen molar-refractivity contribution < 1.29 is 4.39 Å². The number of hydrogen-bond acceptors (Lipinski definition) is 6. The van der Waals surface area contributed by atoms with E-state index >= 15 is 0 Å². The van der Waals surface area contributed by atoms with E-state index in [4.69, 9.17) is 5.73 Å². The molecule has 0 aliphatic carbocycles. The van der Waals surface area contributed by atoms with Crippen molar-refractivity contribution in [3.63, 3.8) is 0 Å². The molecule has 0 fully saturated rings. The Labute approximate surface area is 159 Å². The fourth-order valence-corrected chi connectivity index (χ4v) is 3.48. The van der Waals surface area contributed by atoms with Gasteiger partial charge in [0.2, 0.25) is 5.13 Å². The molecule has 27 heavy (non-hydrogen) atoms. The summed E-state index contributed by atoms with van der Waals surface area (Å²) in [5, 5.41) is 11.9. The molecule has 2 aromatic heterocycles. The second-order valence-electron chi connectivity index (χ2n) is 7.04. The van der Waals surface area contributed by atoms with E-state index in [1.54, 1.807) is 0 Å². The lowest BCUT2D eigenvalue weighted by Crippen LogP contribution is -2.27. The fourth-order valence-electron chi connectivity index (χ4n) is 2.89. The number of rotatable bonds is 5. The number of H-pyrrole nitrogens is 1. The molecular weight excluding hydrogens is 363 g/mol. The maximum Gasteiger partial charge on any atom is 0.202 e. The number of aromatic amines is 1. The molecule has 6 nitrogen and oxygen atoms in total. The predicted molar refractivity (Wildman–Crippen MR) is 107 cm³/mol. The number of fused-ring (bicyclic) bond motifs is 1. The number of anilines is 2. The molecule has 4 aromatic rings. The van der Waals surface area contributed by atoms with Crippen LogP contribution in [0.25, 0.3) is 22.3 Å². The first-order valence-electron chi connectivity index (χ1n) is 8.50. The van der Waals surface area contributed by atoms with Crippen molar-refractivity contribution in [2.24, 2.45) is 0 Å². The van der Waals surface area contributed by atoms with E-state index in [1.165, 1.54) is 23.7 Å². The average Bonchev–Trinajstić information content (AvgIpc) is 3.27. The monoisotopic (exact) mass is 382 g/mol. The minimum Gasteiger partial charge on any atom is -0.382 e. The lowest BCUT2D eigenvalue weighted by atomic mass is 9.85. The van der Waals surface area contributed by atoms with Gasteiger partial charge < -0.3 is 11.1 Å². The number of aromatic nitrogens is 4. The molecule has 0 aliphatic rings. The molecule has 2 aromatic carbocycles. The average molecular weight is 382 g/mol. The topological polar surface area (TPSA) is 92.5 Å². The highest BCUT2D eigenvalue weighted by molar-refractivity contribution is 7.09. The maximum atomic E-state index is 13.1. The number of benzene rings is 2. The molecule has 8 heteroatoms. The molecule has 0 radical (unpaired) electrons. The highest BCUT2D eigenvalue weighted by Gasteiger charge is 2.21. The highest BCUT2D eigenvalue weighted by Crippen LogP contribution is 2.28. The van der Waals surface area contributed by atoms with Gasteiger partial charge in [0.25, 0.3) is 0 Å². The molecule has 0 aliphatic heterocycles. The number of nitrogens with one attached hydrogen (secondary N) is 2. The van der Waals surface area contributed by atoms with Gasteiger partial charge in [0.15, 0.2) is 11.6 Å². The Hall–Kier alpha value is -3.00. The molecule has 4 N–H and O–H groups in total. The van der Waals surface area contributed by atoms with Crippen LogP contribution in [0.5, 0.6) is 0 Å². The highest BCUT2D eigenvalue weighted by atomic mass is 32.1. The summed E-state index contributed by atoms with van der Waals surface area (Å²) in [4.78, 5) is 4.58. The number of hydrogen-bond donors (Lipinski definition) is 3. The molecule has 0 saturated carbocycles. The first kappa shape index (κ1) is 17.4. The second kappa shape index (κ2) is 6.62. The minimum atomic E-state index is -0.229. The zero-order valence-corrected chi connectivity index (χ0v) is 15.8. The third kappa shape index (κ3) is 3.48. The Morgan fingerprint density at radius 1 is 1.19 bits per heavy atom. The van der Waals surface area contributed by atoms with Crippen molar-refractivity contribution in [2.45, 2.75) is 19.3 Å². The molecule has 0 spiro atoms. The van der Waals surface area contributed by atoms with Crippen molar-refractivity contribution in [1.29, 1.82) is 0 Å². The summed E-state index contributed by atoms with van der Waals surface area (Å²) < 4.78 is 17.6. The Balaban J connectivity index is 1.49. The quantitative estimate of drug-likeness (QED) is 0.481. The summed E-state index contributed by atoms with van der Waals surface area (Å²) in [6.45, 7) is 4.86. The van der Waals surface area contributed by atoms with Crippen LogP contribution in [-0.4, -0.2) is 26.1 Å². The van der Waals surface area contributed by atoms with Crippen molar-refractivity contribution in [2.75, 3.05) is 17.6 Å². The molecule has 0 amide bonds. The van der Waals surface area contributed by atoms with Gasteiger partial charge in [-0.1, -0.05) is 32.0 Å². The molecule has 0 atom stereocenters. The SMILES string of the molecule is CC(C)(CNc1nc(-c2ccc3c(N)n[nH]c3c2)ns1)c1ccc(F)cc1. The lowest BCUT2D eigenvalue weighted by Gasteiger charge is -2.25. The van der Waals surface area contributed by atoms with Crippen LogP contribution in [0, 0.1) is 5.82 Å². The molecular formula is C19H19FN6S. The van der Waals surface area contributed by atoms with Gasteiger partial charge in [-0.05, 0) is 29.8 Å². The van der Waals surface area contributed by atoms with Gasteiger partial charge in [0.05, 0.1) is 5.52 Å². The number of nitrogen functional groups attached to an aromatic ring is 1. The maximum absolute atomic E-state index is 13.1. The number of nitrogens with zero attached hydrogens (tertiary/aromatic N) is 3. The Morgan fingerprint density at radius 3 is 2.74 bits per heavy atom. The minimum absolute atomic E-state index is 0.175.